The van der Waals surface area contributed by atoms with Crippen LogP contribution in [0.25, 0.3) is 0 Å². The molecule has 5 heteroatoms. The quantitative estimate of drug-likeness (QED) is 0.807. The molecule has 2 amide bonds. The number of anilines is 2. The molecule has 2 aromatic rings. The zero-order valence-electron chi connectivity index (χ0n) is 13.4. The summed E-state index contributed by atoms with van der Waals surface area (Å²) in [6, 6.07) is 15.2. The number of hydrogen-bond donors (Lipinski definition) is 2. The van der Waals surface area contributed by atoms with Gasteiger partial charge in [-0.2, -0.15) is 0 Å². The van der Waals surface area contributed by atoms with Crippen LogP contribution in [-0.2, 0) is 16.0 Å². The van der Waals surface area contributed by atoms with Crippen molar-refractivity contribution in [3.8, 4) is 0 Å². The lowest BCUT2D eigenvalue weighted by molar-refractivity contribution is -0.122. The summed E-state index contributed by atoms with van der Waals surface area (Å²) in [7, 11) is 0. The molecular weight excluding hydrogens is 368 g/mol. The van der Waals surface area contributed by atoms with Crippen molar-refractivity contribution in [1.82, 2.24) is 0 Å². The molecule has 4 nitrogen and oxygen atoms in total. The number of halogens is 1. The van der Waals surface area contributed by atoms with Crippen LogP contribution in [0.5, 0.6) is 0 Å². The van der Waals surface area contributed by atoms with Gasteiger partial charge in [0, 0.05) is 15.8 Å². The largest absolute Gasteiger partial charge is 0.326 e. The molecule has 1 fully saturated rings. The van der Waals surface area contributed by atoms with E-state index >= 15 is 0 Å². The molecule has 2 aromatic carbocycles. The van der Waals surface area contributed by atoms with E-state index in [1.165, 1.54) is 0 Å². The van der Waals surface area contributed by atoms with Crippen LogP contribution in [0, 0.1) is 11.8 Å². The number of hydrogen-bond acceptors (Lipinski definition) is 2. The lowest BCUT2D eigenvalue weighted by Gasteiger charge is -2.09. The molecule has 2 unspecified atom stereocenters. The van der Waals surface area contributed by atoms with E-state index in [-0.39, 0.29) is 23.7 Å². The van der Waals surface area contributed by atoms with Gasteiger partial charge in [-0.05, 0) is 48.7 Å². The van der Waals surface area contributed by atoms with E-state index in [4.69, 9.17) is 0 Å². The van der Waals surface area contributed by atoms with Gasteiger partial charge in [-0.25, -0.2) is 0 Å². The highest BCUT2D eigenvalue weighted by molar-refractivity contribution is 9.10. The number of benzene rings is 2. The van der Waals surface area contributed by atoms with E-state index in [1.54, 1.807) is 0 Å². The van der Waals surface area contributed by atoms with Gasteiger partial charge in [-0.15, -0.1) is 0 Å². The summed E-state index contributed by atoms with van der Waals surface area (Å²) < 4.78 is 0.957. The third kappa shape index (κ3) is 3.85. The van der Waals surface area contributed by atoms with Gasteiger partial charge in [-0.1, -0.05) is 41.1 Å². The van der Waals surface area contributed by atoms with Crippen LogP contribution >= 0.6 is 15.9 Å². The van der Waals surface area contributed by atoms with Crippen molar-refractivity contribution in [2.75, 3.05) is 10.6 Å². The van der Waals surface area contributed by atoms with E-state index in [0.717, 1.165) is 27.8 Å². The Bertz CT molecular complexity index is 758. The lowest BCUT2D eigenvalue weighted by atomic mass is 10.1. The molecule has 124 valence electrons. The summed E-state index contributed by atoms with van der Waals surface area (Å²) in [6.07, 6.45) is 1.46. The average molecular weight is 387 g/mol. The Hall–Kier alpha value is -2.14. The van der Waals surface area contributed by atoms with Crippen LogP contribution in [0.1, 0.15) is 18.9 Å². The highest BCUT2D eigenvalue weighted by Crippen LogP contribution is 2.40. The highest BCUT2D eigenvalue weighted by atomic mass is 79.9. The predicted octanol–water partition coefficient (Wildman–Crippen LogP) is 4.22. The normalized spacial score (nSPS) is 18.8. The van der Waals surface area contributed by atoms with Gasteiger partial charge in [0.05, 0.1) is 11.8 Å². The van der Waals surface area contributed by atoms with Gasteiger partial charge in [0.25, 0.3) is 0 Å². The topological polar surface area (TPSA) is 58.2 Å². The number of para-hydroxylation sites is 1. The van der Waals surface area contributed by atoms with Gasteiger partial charge >= 0.3 is 0 Å². The molecule has 0 radical (unpaired) electrons. The molecule has 1 aliphatic rings. The van der Waals surface area contributed by atoms with Gasteiger partial charge in [0.15, 0.2) is 0 Å². The fraction of sp³-hybridized carbons (Fsp3) is 0.263. The first-order valence-corrected chi connectivity index (χ1v) is 8.83. The van der Waals surface area contributed by atoms with Crippen molar-refractivity contribution in [2.24, 2.45) is 11.8 Å². The maximum absolute atomic E-state index is 12.4. The van der Waals surface area contributed by atoms with Crippen molar-refractivity contribution >= 4 is 39.1 Å². The first-order valence-electron chi connectivity index (χ1n) is 8.03. The Morgan fingerprint density at radius 2 is 1.62 bits per heavy atom. The monoisotopic (exact) mass is 386 g/mol. The molecule has 0 aromatic heterocycles. The fourth-order valence-electron chi connectivity index (χ4n) is 2.72. The maximum Gasteiger partial charge on any atom is 0.228 e. The maximum atomic E-state index is 12.4. The van der Waals surface area contributed by atoms with Crippen LogP contribution in [0.3, 0.4) is 0 Å². The number of rotatable bonds is 5. The molecule has 2 N–H and O–H groups in total. The second kappa shape index (κ2) is 7.18. The molecule has 0 saturated heterocycles. The first kappa shape index (κ1) is 16.7. The summed E-state index contributed by atoms with van der Waals surface area (Å²) in [6.45, 7) is 2.05. The van der Waals surface area contributed by atoms with E-state index in [2.05, 4.69) is 33.5 Å². The van der Waals surface area contributed by atoms with Gasteiger partial charge in [0.2, 0.25) is 11.8 Å². The number of carbonyl (C=O) groups excluding carboxylic acids is 2. The minimum Gasteiger partial charge on any atom is -0.326 e. The van der Waals surface area contributed by atoms with E-state index in [0.29, 0.717) is 6.42 Å². The number of nitrogens with one attached hydrogen (secondary N) is 2. The molecule has 0 aliphatic heterocycles. The van der Waals surface area contributed by atoms with Gasteiger partial charge in [-0.3, -0.25) is 9.59 Å². The van der Waals surface area contributed by atoms with Crippen LogP contribution < -0.4 is 10.6 Å². The van der Waals surface area contributed by atoms with E-state index < -0.39 is 0 Å². The second-order valence-electron chi connectivity index (χ2n) is 5.94. The van der Waals surface area contributed by atoms with E-state index in [1.807, 2.05) is 48.5 Å². The smallest absolute Gasteiger partial charge is 0.228 e. The lowest BCUT2D eigenvalue weighted by Crippen LogP contribution is -2.21. The summed E-state index contributed by atoms with van der Waals surface area (Å²) in [5, 5.41) is 5.82. The Morgan fingerprint density at radius 3 is 2.29 bits per heavy atom. The Labute approximate surface area is 149 Å². The summed E-state index contributed by atoms with van der Waals surface area (Å²) in [5.74, 6) is -0.666. The minimum absolute atomic E-state index is 0.0770. The molecule has 0 heterocycles. The molecule has 1 saturated carbocycles. The highest BCUT2D eigenvalue weighted by Gasteiger charge is 2.48. The van der Waals surface area contributed by atoms with Crippen LogP contribution in [0.2, 0.25) is 0 Å². The van der Waals surface area contributed by atoms with Crippen molar-refractivity contribution in [3.05, 3.63) is 58.6 Å². The Kier molecular flexibility index (Phi) is 5.00. The molecular formula is C19H19BrN2O2. The number of carbonyl (C=O) groups is 2. The number of amides is 2. The zero-order valence-corrected chi connectivity index (χ0v) is 15.0. The van der Waals surface area contributed by atoms with Crippen molar-refractivity contribution < 1.29 is 9.59 Å². The number of aryl methyl sites for hydroxylation is 1. The van der Waals surface area contributed by atoms with Crippen LogP contribution in [0.4, 0.5) is 11.4 Å². The van der Waals surface area contributed by atoms with Crippen LogP contribution in [-0.4, -0.2) is 11.8 Å². The third-order valence-electron chi connectivity index (χ3n) is 4.23. The minimum atomic E-state index is -0.248. The van der Waals surface area contributed by atoms with Gasteiger partial charge < -0.3 is 10.6 Å². The molecule has 2 atom stereocenters. The molecule has 0 bridgehead atoms. The van der Waals surface area contributed by atoms with Gasteiger partial charge in [0.1, 0.15) is 0 Å². The molecule has 3 rings (SSSR count). The summed E-state index contributed by atoms with van der Waals surface area (Å²) in [4.78, 5) is 24.6. The molecule has 1 aliphatic carbocycles. The second-order valence-corrected chi connectivity index (χ2v) is 6.86. The standard InChI is InChI=1S/C19H19BrN2O2/c1-2-12-5-3-4-6-17(12)22-19(24)16-11-15(16)18(23)21-14-9-7-13(20)8-10-14/h3-10,15-16H,2,11H2,1H3,(H,21,23)(H,22,24). The first-order chi connectivity index (χ1) is 11.6. The third-order valence-corrected chi connectivity index (χ3v) is 4.76. The van der Waals surface area contributed by atoms with Crippen molar-refractivity contribution in [1.29, 1.82) is 0 Å². The summed E-state index contributed by atoms with van der Waals surface area (Å²) >= 11 is 3.36. The predicted molar refractivity (Wildman–Crippen MR) is 98.8 cm³/mol. The average Bonchev–Trinajstić information content (AvgIpc) is 3.38. The SMILES string of the molecule is CCc1ccccc1NC(=O)C1CC1C(=O)Nc1ccc(Br)cc1. The summed E-state index contributed by atoms with van der Waals surface area (Å²) in [5.41, 5.74) is 2.68. The van der Waals surface area contributed by atoms with Crippen molar-refractivity contribution in [2.45, 2.75) is 19.8 Å². The zero-order chi connectivity index (χ0) is 17.1. The van der Waals surface area contributed by atoms with Crippen LogP contribution in [0.15, 0.2) is 53.0 Å². The van der Waals surface area contributed by atoms with E-state index in [9.17, 15) is 9.59 Å². The van der Waals surface area contributed by atoms with Crippen molar-refractivity contribution in [3.63, 3.8) is 0 Å². The Balaban J connectivity index is 1.57. The Morgan fingerprint density at radius 1 is 1.00 bits per heavy atom. The molecule has 0 spiro atoms. The molecule has 24 heavy (non-hydrogen) atoms. The fourth-order valence-corrected chi connectivity index (χ4v) is 2.98.